The van der Waals surface area contributed by atoms with Crippen molar-refractivity contribution in [2.75, 3.05) is 18.4 Å². The third kappa shape index (κ3) is 5.30. The number of benzene rings is 2. The van der Waals surface area contributed by atoms with Gasteiger partial charge < -0.3 is 5.32 Å². The molecule has 0 aliphatic heterocycles. The highest BCUT2D eigenvalue weighted by molar-refractivity contribution is 7.89. The van der Waals surface area contributed by atoms with Crippen molar-refractivity contribution in [3.8, 4) is 0 Å². The summed E-state index contributed by atoms with van der Waals surface area (Å²) >= 11 is 0. The van der Waals surface area contributed by atoms with Crippen LogP contribution in [0.2, 0.25) is 0 Å². The molecule has 12 heteroatoms. The van der Waals surface area contributed by atoms with Crippen LogP contribution in [0.15, 0.2) is 41.3 Å². The molecule has 0 aromatic heterocycles. The number of carbonyl (C=O) groups is 1. The maximum Gasteiger partial charge on any atom is 0.416 e. The van der Waals surface area contributed by atoms with Gasteiger partial charge in [-0.15, -0.1) is 0 Å². The van der Waals surface area contributed by atoms with Crippen molar-refractivity contribution in [1.82, 2.24) is 4.31 Å². The number of rotatable bonds is 7. The SMILES string of the molecule is CCCN(CC(=O)Nc1ccc(F)c(F)c1F)S(=O)(=O)c1cccc(C(F)(F)F)c1. The molecule has 2 aromatic rings. The Bertz CT molecular complexity index is 1040. The lowest BCUT2D eigenvalue weighted by Crippen LogP contribution is -2.38. The number of nitrogens with one attached hydrogen (secondary N) is 1. The van der Waals surface area contributed by atoms with E-state index in [0.29, 0.717) is 22.5 Å². The average molecular weight is 454 g/mol. The summed E-state index contributed by atoms with van der Waals surface area (Å²) in [6, 6.07) is 4.30. The largest absolute Gasteiger partial charge is 0.416 e. The lowest BCUT2D eigenvalue weighted by atomic mass is 10.2. The summed E-state index contributed by atoms with van der Waals surface area (Å²) in [5.74, 6) is -6.07. The minimum absolute atomic E-state index is 0.213. The summed E-state index contributed by atoms with van der Waals surface area (Å²) in [6.07, 6.45) is -4.56. The fraction of sp³-hybridized carbons (Fsp3) is 0.278. The van der Waals surface area contributed by atoms with E-state index in [1.165, 1.54) is 0 Å². The molecule has 0 radical (unpaired) electrons. The van der Waals surface area contributed by atoms with Gasteiger partial charge in [0.25, 0.3) is 0 Å². The molecule has 0 aliphatic carbocycles. The van der Waals surface area contributed by atoms with Crippen LogP contribution in [0, 0.1) is 17.5 Å². The van der Waals surface area contributed by atoms with Crippen molar-refractivity contribution in [3.63, 3.8) is 0 Å². The molecule has 0 aliphatic rings. The van der Waals surface area contributed by atoms with Gasteiger partial charge >= 0.3 is 6.18 Å². The fourth-order valence-electron chi connectivity index (χ4n) is 2.49. The molecule has 2 aromatic carbocycles. The molecule has 2 rings (SSSR count). The number of sulfonamides is 1. The second-order valence-electron chi connectivity index (χ2n) is 6.14. The third-order valence-electron chi connectivity index (χ3n) is 3.90. The first kappa shape index (κ1) is 23.7. The Hall–Kier alpha value is -2.60. The highest BCUT2D eigenvalue weighted by Gasteiger charge is 2.33. The van der Waals surface area contributed by atoms with Crippen LogP contribution in [0.5, 0.6) is 0 Å². The van der Waals surface area contributed by atoms with Gasteiger partial charge in [-0.05, 0) is 36.8 Å². The van der Waals surface area contributed by atoms with Gasteiger partial charge in [-0.3, -0.25) is 4.79 Å². The van der Waals surface area contributed by atoms with E-state index in [9.17, 15) is 39.6 Å². The normalized spacial score (nSPS) is 12.3. The standard InChI is InChI=1S/C18H16F6N2O3S/c1-2-8-26(10-15(27)25-14-7-6-13(19)16(20)17(14)21)30(28,29)12-5-3-4-11(9-12)18(22,23)24/h3-7,9H,2,8,10H2,1H3,(H,25,27). The molecular weight excluding hydrogens is 438 g/mol. The van der Waals surface area contributed by atoms with Crippen LogP contribution in [0.3, 0.4) is 0 Å². The van der Waals surface area contributed by atoms with Crippen LogP contribution in [-0.2, 0) is 21.0 Å². The van der Waals surface area contributed by atoms with Gasteiger partial charge in [0, 0.05) is 6.54 Å². The van der Waals surface area contributed by atoms with E-state index in [1.54, 1.807) is 6.92 Å². The Morgan fingerprint density at radius 3 is 2.33 bits per heavy atom. The maximum atomic E-state index is 13.7. The van der Waals surface area contributed by atoms with E-state index >= 15 is 0 Å². The summed E-state index contributed by atoms with van der Waals surface area (Å²) in [5, 5.41) is 1.92. The fourth-order valence-corrected chi connectivity index (χ4v) is 4.02. The number of carbonyl (C=O) groups excluding carboxylic acids is 1. The Balaban J connectivity index is 2.29. The van der Waals surface area contributed by atoms with Crippen molar-refractivity contribution in [2.45, 2.75) is 24.4 Å². The number of hydrogen-bond donors (Lipinski definition) is 1. The molecular formula is C18H16F6N2O3S. The first-order chi connectivity index (χ1) is 13.9. The van der Waals surface area contributed by atoms with E-state index in [-0.39, 0.29) is 13.0 Å². The summed E-state index contributed by atoms with van der Waals surface area (Å²) in [6.45, 7) is 0.457. The monoisotopic (exact) mass is 454 g/mol. The predicted octanol–water partition coefficient (Wildman–Crippen LogP) is 4.16. The van der Waals surface area contributed by atoms with E-state index in [0.717, 1.165) is 18.2 Å². The second-order valence-corrected chi connectivity index (χ2v) is 8.07. The highest BCUT2D eigenvalue weighted by Crippen LogP contribution is 2.31. The topological polar surface area (TPSA) is 66.5 Å². The first-order valence-corrected chi connectivity index (χ1v) is 9.92. The van der Waals surface area contributed by atoms with Crippen molar-refractivity contribution in [1.29, 1.82) is 0 Å². The number of amides is 1. The minimum atomic E-state index is -4.78. The molecule has 0 saturated heterocycles. The van der Waals surface area contributed by atoms with Crippen LogP contribution in [-0.4, -0.2) is 31.7 Å². The van der Waals surface area contributed by atoms with Crippen LogP contribution in [0.4, 0.5) is 32.0 Å². The lowest BCUT2D eigenvalue weighted by Gasteiger charge is -2.22. The lowest BCUT2D eigenvalue weighted by molar-refractivity contribution is -0.137. The zero-order valence-electron chi connectivity index (χ0n) is 15.4. The number of anilines is 1. The zero-order valence-corrected chi connectivity index (χ0v) is 16.2. The molecule has 0 bridgehead atoms. The molecule has 1 amide bonds. The van der Waals surface area contributed by atoms with Crippen molar-refractivity contribution in [3.05, 3.63) is 59.4 Å². The molecule has 0 unspecified atom stereocenters. The van der Waals surface area contributed by atoms with Gasteiger partial charge in [-0.2, -0.15) is 17.5 Å². The molecule has 0 atom stereocenters. The minimum Gasteiger partial charge on any atom is -0.322 e. The molecule has 30 heavy (non-hydrogen) atoms. The van der Waals surface area contributed by atoms with Crippen molar-refractivity contribution >= 4 is 21.6 Å². The summed E-state index contributed by atoms with van der Waals surface area (Å²) in [5.41, 5.74) is -1.90. The Morgan fingerprint density at radius 2 is 1.73 bits per heavy atom. The van der Waals surface area contributed by atoms with Crippen LogP contribution in [0.1, 0.15) is 18.9 Å². The quantitative estimate of drug-likeness (QED) is 0.505. The molecule has 1 N–H and O–H groups in total. The average Bonchev–Trinajstić information content (AvgIpc) is 2.67. The van der Waals surface area contributed by atoms with E-state index in [2.05, 4.69) is 0 Å². The van der Waals surface area contributed by atoms with Crippen LogP contribution < -0.4 is 5.32 Å². The van der Waals surface area contributed by atoms with E-state index in [4.69, 9.17) is 0 Å². The predicted molar refractivity (Wildman–Crippen MR) is 95.4 cm³/mol. The van der Waals surface area contributed by atoms with E-state index < -0.39 is 62.2 Å². The number of alkyl halides is 3. The van der Waals surface area contributed by atoms with Crippen molar-refractivity contribution in [2.24, 2.45) is 0 Å². The first-order valence-electron chi connectivity index (χ1n) is 8.48. The van der Waals surface area contributed by atoms with E-state index in [1.807, 2.05) is 5.32 Å². The van der Waals surface area contributed by atoms with Gasteiger partial charge in [0.05, 0.1) is 22.7 Å². The number of nitrogens with zero attached hydrogens (tertiary/aromatic N) is 1. The smallest absolute Gasteiger partial charge is 0.322 e. The molecule has 0 fully saturated rings. The molecule has 0 saturated carbocycles. The van der Waals surface area contributed by atoms with Gasteiger partial charge in [0.1, 0.15) is 0 Å². The summed E-state index contributed by atoms with van der Waals surface area (Å²) in [7, 11) is -4.51. The zero-order chi connectivity index (χ0) is 22.7. The molecule has 0 spiro atoms. The number of hydrogen-bond acceptors (Lipinski definition) is 3. The van der Waals surface area contributed by atoms with Crippen LogP contribution in [0.25, 0.3) is 0 Å². The number of halogens is 6. The van der Waals surface area contributed by atoms with Crippen molar-refractivity contribution < 1.29 is 39.6 Å². The van der Waals surface area contributed by atoms with Crippen LogP contribution >= 0.6 is 0 Å². The summed E-state index contributed by atoms with van der Waals surface area (Å²) < 4.78 is 105. The Kier molecular flexibility index (Phi) is 7.14. The van der Waals surface area contributed by atoms with Gasteiger partial charge in [0.2, 0.25) is 15.9 Å². The Morgan fingerprint density at radius 1 is 1.07 bits per heavy atom. The van der Waals surface area contributed by atoms with Gasteiger partial charge in [-0.25, -0.2) is 21.6 Å². The Labute approximate surface area is 168 Å². The van der Waals surface area contributed by atoms with Gasteiger partial charge in [0.15, 0.2) is 17.5 Å². The molecule has 164 valence electrons. The molecule has 0 heterocycles. The second kappa shape index (κ2) is 9.04. The molecule has 5 nitrogen and oxygen atoms in total. The highest BCUT2D eigenvalue weighted by atomic mass is 32.2. The van der Waals surface area contributed by atoms with Gasteiger partial charge in [-0.1, -0.05) is 13.0 Å². The third-order valence-corrected chi connectivity index (χ3v) is 5.74. The summed E-state index contributed by atoms with van der Waals surface area (Å²) in [4.78, 5) is 11.5. The maximum absolute atomic E-state index is 13.7.